The van der Waals surface area contributed by atoms with Crippen molar-refractivity contribution in [1.82, 2.24) is 16.0 Å². The molecule has 3 aliphatic rings. The quantitative estimate of drug-likeness (QED) is 0.0396. The van der Waals surface area contributed by atoms with Gasteiger partial charge < -0.3 is 40.0 Å². The van der Waals surface area contributed by atoms with E-state index >= 15 is 0 Å². The van der Waals surface area contributed by atoms with Crippen LogP contribution in [0, 0.1) is 5.92 Å². The van der Waals surface area contributed by atoms with E-state index in [2.05, 4.69) is 29.0 Å². The third kappa shape index (κ3) is 12.1. The van der Waals surface area contributed by atoms with E-state index in [0.717, 1.165) is 12.0 Å². The molecule has 12 nitrogen and oxygen atoms in total. The number of esters is 1. The van der Waals surface area contributed by atoms with Crippen LogP contribution in [-0.4, -0.2) is 101 Å². The number of alkyl halides is 1. The van der Waals surface area contributed by atoms with Crippen LogP contribution in [0.15, 0.2) is 36.0 Å². The fourth-order valence-corrected chi connectivity index (χ4v) is 5.89. The van der Waals surface area contributed by atoms with Gasteiger partial charge in [-0.3, -0.25) is 19.2 Å². The molecule has 3 rings (SSSR count). The van der Waals surface area contributed by atoms with Gasteiger partial charge in [0.15, 0.2) is 0 Å². The van der Waals surface area contributed by atoms with Crippen LogP contribution in [0.1, 0.15) is 60.3 Å². The Labute approximate surface area is 279 Å². The maximum absolute atomic E-state index is 12.5. The number of allylic oxidation sites excluding steroid dienone is 2. The minimum atomic E-state index is -0.834. The molecule has 0 aromatic heterocycles. The molecule has 1 unspecified atom stereocenters. The first kappa shape index (κ1) is 37.1. The highest BCUT2D eigenvalue weighted by molar-refractivity contribution is 14.1. The molecule has 0 bridgehead atoms. The van der Waals surface area contributed by atoms with Crippen molar-refractivity contribution < 1.29 is 43.2 Å². The molecule has 0 aromatic rings. The first-order valence-electron chi connectivity index (χ1n) is 15.5. The predicted molar refractivity (Wildman–Crippen MR) is 175 cm³/mol. The van der Waals surface area contributed by atoms with Crippen LogP contribution in [0.2, 0.25) is 0 Å². The van der Waals surface area contributed by atoms with E-state index in [1.807, 2.05) is 48.6 Å². The van der Waals surface area contributed by atoms with E-state index < -0.39 is 36.0 Å². The molecular weight excluding hydrogens is 697 g/mol. The second-order valence-electron chi connectivity index (χ2n) is 12.2. The van der Waals surface area contributed by atoms with Gasteiger partial charge in [-0.25, -0.2) is 0 Å². The molecule has 3 aliphatic heterocycles. The number of hydrogen-bond acceptors (Lipinski definition) is 9. The summed E-state index contributed by atoms with van der Waals surface area (Å²) in [4.78, 5) is 47.3. The van der Waals surface area contributed by atoms with Gasteiger partial charge >= 0.3 is 5.97 Å². The van der Waals surface area contributed by atoms with Gasteiger partial charge in [0.2, 0.25) is 17.7 Å². The lowest BCUT2D eigenvalue weighted by atomic mass is 9.87. The summed E-state index contributed by atoms with van der Waals surface area (Å²) in [5.74, 6) is -0.719. The Hall–Kier alpha value is -2.33. The van der Waals surface area contributed by atoms with Gasteiger partial charge in [-0.05, 0) is 45.6 Å². The van der Waals surface area contributed by atoms with Crippen LogP contribution >= 0.6 is 22.6 Å². The number of ether oxygens (including phenoxy) is 4. The van der Waals surface area contributed by atoms with E-state index in [1.54, 1.807) is 13.0 Å². The van der Waals surface area contributed by atoms with E-state index in [9.17, 15) is 24.3 Å². The number of amides is 3. The molecule has 3 heterocycles. The number of carbonyl (C=O) groups is 4. The van der Waals surface area contributed by atoms with Gasteiger partial charge in [0.05, 0.1) is 41.8 Å². The number of epoxide rings is 1. The summed E-state index contributed by atoms with van der Waals surface area (Å²) < 4.78 is 23.4. The Kier molecular flexibility index (Phi) is 14.5. The first-order valence-corrected chi connectivity index (χ1v) is 17.1. The molecule has 0 aliphatic carbocycles. The summed E-state index contributed by atoms with van der Waals surface area (Å²) in [6.07, 6.45) is 8.22. The zero-order chi connectivity index (χ0) is 33.1. The third-order valence-electron chi connectivity index (χ3n) is 8.23. The molecule has 3 saturated heterocycles. The molecule has 0 saturated carbocycles. The van der Waals surface area contributed by atoms with Crippen LogP contribution in [-0.2, 0) is 38.1 Å². The van der Waals surface area contributed by atoms with Gasteiger partial charge in [-0.1, -0.05) is 53.3 Å². The molecule has 9 atom stereocenters. The molecule has 0 radical (unpaired) electrons. The van der Waals surface area contributed by atoms with Gasteiger partial charge in [-0.2, -0.15) is 0 Å². The van der Waals surface area contributed by atoms with Gasteiger partial charge in [-0.15, -0.1) is 0 Å². The summed E-state index contributed by atoms with van der Waals surface area (Å²) in [6.45, 7) is 10.2. The Balaban J connectivity index is 1.47. The van der Waals surface area contributed by atoms with Crippen LogP contribution in [0.25, 0.3) is 0 Å². The lowest BCUT2D eigenvalue weighted by Gasteiger charge is -2.39. The Bertz CT molecular complexity index is 1140. The fourth-order valence-electron chi connectivity index (χ4n) is 5.62. The second kappa shape index (κ2) is 17.5. The van der Waals surface area contributed by atoms with Crippen LogP contribution in [0.5, 0.6) is 0 Å². The smallest absolute Gasteiger partial charge is 0.303 e. The molecular formula is C32H48IN3O9. The summed E-state index contributed by atoms with van der Waals surface area (Å²) in [6, 6.07) is -0.138. The number of aliphatic hydroxyl groups excluding tert-OH is 1. The molecule has 3 amide bonds. The number of rotatable bonds is 14. The van der Waals surface area contributed by atoms with Crippen molar-refractivity contribution in [2.45, 2.75) is 109 Å². The van der Waals surface area contributed by atoms with Gasteiger partial charge in [0.1, 0.15) is 23.9 Å². The highest BCUT2D eigenvalue weighted by Crippen LogP contribution is 2.43. The average molecular weight is 746 g/mol. The minimum absolute atomic E-state index is 0.0199. The maximum atomic E-state index is 12.5. The van der Waals surface area contributed by atoms with Crippen molar-refractivity contribution in [2.75, 3.05) is 24.1 Å². The van der Waals surface area contributed by atoms with Crippen molar-refractivity contribution >= 4 is 46.3 Å². The number of halogens is 1. The van der Waals surface area contributed by atoms with E-state index in [4.69, 9.17) is 18.9 Å². The highest BCUT2D eigenvalue weighted by atomic mass is 127. The van der Waals surface area contributed by atoms with Crippen LogP contribution in [0.3, 0.4) is 0 Å². The minimum Gasteiger partial charge on any atom is -0.459 e. The van der Waals surface area contributed by atoms with E-state index in [0.29, 0.717) is 37.0 Å². The Morgan fingerprint density at radius 2 is 1.78 bits per heavy atom. The van der Waals surface area contributed by atoms with Gasteiger partial charge in [0, 0.05) is 32.5 Å². The number of aliphatic hydroxyl groups is 1. The molecule has 45 heavy (non-hydrogen) atoms. The zero-order valence-corrected chi connectivity index (χ0v) is 28.9. The number of hydrogen-bond donors (Lipinski definition) is 4. The highest BCUT2D eigenvalue weighted by Gasteiger charge is 2.58. The van der Waals surface area contributed by atoms with Crippen LogP contribution < -0.4 is 16.0 Å². The van der Waals surface area contributed by atoms with Crippen molar-refractivity contribution in [3.05, 3.63) is 36.0 Å². The SMILES string of the molecule is CC(=O)O[C@@H](C)/C=C\C(=O)N[C@@H]1C[C@H](C)[C@H](C/C=C(C)/C=C/C2O[C@H](CC(=O)NCCNC(=O)CI)C[C@@]3(CO3)[C@@H]2O)O[C@@H]1C. The van der Waals surface area contributed by atoms with Crippen LogP contribution in [0.4, 0.5) is 0 Å². The summed E-state index contributed by atoms with van der Waals surface area (Å²) >= 11 is 1.98. The second-order valence-corrected chi connectivity index (χ2v) is 12.9. The van der Waals surface area contributed by atoms with Crippen molar-refractivity contribution in [1.29, 1.82) is 0 Å². The zero-order valence-electron chi connectivity index (χ0n) is 26.8. The van der Waals surface area contributed by atoms with Crippen molar-refractivity contribution in [3.63, 3.8) is 0 Å². The monoisotopic (exact) mass is 745 g/mol. The van der Waals surface area contributed by atoms with Crippen molar-refractivity contribution in [3.8, 4) is 0 Å². The summed E-state index contributed by atoms with van der Waals surface area (Å²) in [5, 5.41) is 19.4. The third-order valence-corrected chi connectivity index (χ3v) is 8.92. The molecule has 0 aromatic carbocycles. The Morgan fingerprint density at radius 3 is 2.42 bits per heavy atom. The number of nitrogens with one attached hydrogen (secondary N) is 3. The fraction of sp³-hybridized carbons (Fsp3) is 0.688. The standard InChI is InChI=1S/C32H48IN3O9/c1-19(6-9-26-20(2)14-25(22(4)44-26)36-28(38)11-8-21(3)43-23(5)37)7-10-27-31(41)32(18-42-32)16-24(45-27)15-29(39)34-12-13-35-30(40)17-33/h6-8,10-11,20-22,24-27,31,41H,9,12-18H2,1-5H3,(H,34,39)(H,35,40)(H,36,38)/b10-7+,11-8-,19-6+/t20-,21-,22+,24+,25+,26-,27?,31+,32+/m0/s1. The van der Waals surface area contributed by atoms with E-state index in [1.165, 1.54) is 13.0 Å². The van der Waals surface area contributed by atoms with Crippen molar-refractivity contribution in [2.24, 2.45) is 5.92 Å². The first-order chi connectivity index (χ1) is 21.3. The molecule has 252 valence electrons. The Morgan fingerprint density at radius 1 is 1.09 bits per heavy atom. The average Bonchev–Trinajstić information content (AvgIpc) is 3.75. The largest absolute Gasteiger partial charge is 0.459 e. The van der Waals surface area contributed by atoms with E-state index in [-0.39, 0.29) is 48.3 Å². The predicted octanol–water partition coefficient (Wildman–Crippen LogP) is 2.03. The molecule has 1 spiro atoms. The summed E-state index contributed by atoms with van der Waals surface area (Å²) in [5.41, 5.74) is 0.296. The van der Waals surface area contributed by atoms with Gasteiger partial charge in [0.25, 0.3) is 0 Å². The number of carbonyl (C=O) groups excluding carboxylic acids is 4. The topological polar surface area (TPSA) is 165 Å². The molecule has 3 fully saturated rings. The lowest BCUT2D eigenvalue weighted by Crippen LogP contribution is -2.51. The maximum Gasteiger partial charge on any atom is 0.303 e. The molecule has 13 heteroatoms. The summed E-state index contributed by atoms with van der Waals surface area (Å²) in [7, 11) is 0. The molecule has 4 N–H and O–H groups in total. The normalized spacial score (nSPS) is 32.3. The lowest BCUT2D eigenvalue weighted by molar-refractivity contribution is -0.145.